The van der Waals surface area contributed by atoms with E-state index in [1.165, 1.54) is 5.56 Å². The Morgan fingerprint density at radius 2 is 1.77 bits per heavy atom. The first-order valence-electron chi connectivity index (χ1n) is 4.40. The monoisotopic (exact) mass is 176 g/mol. The van der Waals surface area contributed by atoms with Crippen molar-refractivity contribution in [2.24, 2.45) is 0 Å². The molecule has 1 N–H and O–H groups in total. The number of aryl methyl sites for hydroxylation is 1. The summed E-state index contributed by atoms with van der Waals surface area (Å²) < 4.78 is 0. The molecular formula is C12H16O. The van der Waals surface area contributed by atoms with E-state index in [0.29, 0.717) is 0 Å². The van der Waals surface area contributed by atoms with E-state index in [4.69, 9.17) is 0 Å². The summed E-state index contributed by atoms with van der Waals surface area (Å²) in [6.45, 7) is 9.40. The van der Waals surface area contributed by atoms with Crippen LogP contribution in [0.1, 0.15) is 25.0 Å². The van der Waals surface area contributed by atoms with E-state index in [1.54, 1.807) is 6.92 Å². The van der Waals surface area contributed by atoms with Gasteiger partial charge in [-0.2, -0.15) is 0 Å². The van der Waals surface area contributed by atoms with E-state index in [-0.39, 0.29) is 0 Å². The molecule has 0 fully saturated rings. The van der Waals surface area contributed by atoms with Gasteiger partial charge in [-0.25, -0.2) is 0 Å². The largest absolute Gasteiger partial charge is 0.381 e. The maximum atomic E-state index is 10.1. The van der Waals surface area contributed by atoms with Gasteiger partial charge in [0.1, 0.15) is 5.60 Å². The van der Waals surface area contributed by atoms with Gasteiger partial charge >= 0.3 is 0 Å². The van der Waals surface area contributed by atoms with Crippen molar-refractivity contribution in [1.29, 1.82) is 0 Å². The van der Waals surface area contributed by atoms with Crippen molar-refractivity contribution in [3.8, 4) is 0 Å². The van der Waals surface area contributed by atoms with Gasteiger partial charge in [0, 0.05) is 0 Å². The van der Waals surface area contributed by atoms with Crippen molar-refractivity contribution in [2.45, 2.75) is 26.4 Å². The third kappa shape index (κ3) is 1.99. The first-order chi connectivity index (χ1) is 5.94. The topological polar surface area (TPSA) is 20.2 Å². The summed E-state index contributed by atoms with van der Waals surface area (Å²) >= 11 is 0. The van der Waals surface area contributed by atoms with Gasteiger partial charge in [0.25, 0.3) is 0 Å². The average Bonchev–Trinajstić information content (AvgIpc) is 2.04. The van der Waals surface area contributed by atoms with Crippen LogP contribution in [-0.2, 0) is 5.60 Å². The number of rotatable bonds is 2. The molecule has 1 atom stereocenters. The van der Waals surface area contributed by atoms with E-state index in [1.807, 2.05) is 38.1 Å². The Bertz CT molecular complexity index is 306. The van der Waals surface area contributed by atoms with Crippen LogP contribution < -0.4 is 0 Å². The Morgan fingerprint density at radius 3 is 2.15 bits per heavy atom. The fraction of sp³-hybridized carbons (Fsp3) is 0.333. The highest BCUT2D eigenvalue weighted by molar-refractivity contribution is 5.31. The summed E-state index contributed by atoms with van der Waals surface area (Å²) in [5, 5.41) is 10.1. The number of benzene rings is 1. The van der Waals surface area contributed by atoms with Gasteiger partial charge in [0.2, 0.25) is 0 Å². The van der Waals surface area contributed by atoms with E-state index in [0.717, 1.165) is 11.1 Å². The van der Waals surface area contributed by atoms with E-state index >= 15 is 0 Å². The van der Waals surface area contributed by atoms with Gasteiger partial charge in [-0.15, -0.1) is 0 Å². The van der Waals surface area contributed by atoms with Crippen molar-refractivity contribution in [2.75, 3.05) is 0 Å². The van der Waals surface area contributed by atoms with Crippen LogP contribution in [-0.4, -0.2) is 5.11 Å². The Hall–Kier alpha value is -1.08. The summed E-state index contributed by atoms with van der Waals surface area (Å²) in [5.74, 6) is 0. The normalized spacial score (nSPS) is 15.1. The molecule has 1 nitrogen and oxygen atoms in total. The van der Waals surface area contributed by atoms with Crippen molar-refractivity contribution >= 4 is 0 Å². The molecule has 0 saturated heterocycles. The number of hydrogen-bond acceptors (Lipinski definition) is 1. The maximum Gasteiger partial charge on any atom is 0.107 e. The summed E-state index contributed by atoms with van der Waals surface area (Å²) in [6.07, 6.45) is 0. The third-order valence-corrected chi connectivity index (χ3v) is 2.44. The zero-order valence-electron chi connectivity index (χ0n) is 8.46. The molecule has 13 heavy (non-hydrogen) atoms. The minimum atomic E-state index is -0.909. The standard InChI is InChI=1S/C12H16O/c1-9(2)12(4,13)11-7-5-10(3)6-8-11/h5-8,13H,1H2,2-4H3. The van der Waals surface area contributed by atoms with Crippen LogP contribution in [0.4, 0.5) is 0 Å². The molecule has 0 aliphatic heterocycles. The molecule has 1 unspecified atom stereocenters. The molecule has 1 aromatic rings. The minimum absolute atomic E-state index is 0.761. The summed E-state index contributed by atoms with van der Waals surface area (Å²) in [6, 6.07) is 7.85. The second kappa shape index (κ2) is 3.35. The van der Waals surface area contributed by atoms with Crippen LogP contribution in [0.25, 0.3) is 0 Å². The van der Waals surface area contributed by atoms with Gasteiger partial charge in [-0.3, -0.25) is 0 Å². The first kappa shape index (κ1) is 10.0. The number of hydrogen-bond donors (Lipinski definition) is 1. The lowest BCUT2D eigenvalue weighted by Gasteiger charge is -2.24. The van der Waals surface area contributed by atoms with Gasteiger partial charge < -0.3 is 5.11 Å². The molecule has 70 valence electrons. The Labute approximate surface area is 79.7 Å². The maximum absolute atomic E-state index is 10.1. The quantitative estimate of drug-likeness (QED) is 0.687. The van der Waals surface area contributed by atoms with Crippen molar-refractivity contribution in [3.05, 3.63) is 47.5 Å². The Balaban J connectivity index is 3.08. The van der Waals surface area contributed by atoms with Gasteiger partial charge in [0.05, 0.1) is 0 Å². The lowest BCUT2D eigenvalue weighted by molar-refractivity contribution is 0.0981. The van der Waals surface area contributed by atoms with Crippen LogP contribution in [0.2, 0.25) is 0 Å². The Kier molecular flexibility index (Phi) is 2.58. The van der Waals surface area contributed by atoms with Crippen LogP contribution in [0.15, 0.2) is 36.4 Å². The molecule has 0 aliphatic carbocycles. The third-order valence-electron chi connectivity index (χ3n) is 2.44. The van der Waals surface area contributed by atoms with Crippen LogP contribution in [0.5, 0.6) is 0 Å². The van der Waals surface area contributed by atoms with Crippen LogP contribution in [0, 0.1) is 6.92 Å². The highest BCUT2D eigenvalue weighted by atomic mass is 16.3. The highest BCUT2D eigenvalue weighted by Gasteiger charge is 2.23. The second-order valence-electron chi connectivity index (χ2n) is 3.72. The predicted molar refractivity (Wildman–Crippen MR) is 55.6 cm³/mol. The molecule has 0 saturated carbocycles. The van der Waals surface area contributed by atoms with Gasteiger partial charge in [-0.05, 0) is 31.9 Å². The first-order valence-corrected chi connectivity index (χ1v) is 4.40. The molecular weight excluding hydrogens is 160 g/mol. The lowest BCUT2D eigenvalue weighted by Crippen LogP contribution is -2.21. The molecule has 0 heterocycles. The molecule has 1 heteroatoms. The molecule has 1 rings (SSSR count). The smallest absolute Gasteiger partial charge is 0.107 e. The van der Waals surface area contributed by atoms with Crippen molar-refractivity contribution in [3.63, 3.8) is 0 Å². The Morgan fingerprint density at radius 1 is 1.31 bits per heavy atom. The average molecular weight is 176 g/mol. The van der Waals surface area contributed by atoms with E-state index in [2.05, 4.69) is 6.58 Å². The van der Waals surface area contributed by atoms with Crippen molar-refractivity contribution < 1.29 is 5.11 Å². The minimum Gasteiger partial charge on any atom is -0.381 e. The van der Waals surface area contributed by atoms with Gasteiger partial charge in [0.15, 0.2) is 0 Å². The summed E-state index contributed by atoms with van der Waals surface area (Å²) in [7, 11) is 0. The highest BCUT2D eigenvalue weighted by Crippen LogP contribution is 2.27. The molecule has 0 aliphatic rings. The lowest BCUT2D eigenvalue weighted by atomic mass is 9.89. The van der Waals surface area contributed by atoms with Crippen LogP contribution >= 0.6 is 0 Å². The molecule has 0 amide bonds. The zero-order chi connectivity index (χ0) is 10.1. The van der Waals surface area contributed by atoms with Crippen LogP contribution in [0.3, 0.4) is 0 Å². The fourth-order valence-corrected chi connectivity index (χ4v) is 1.12. The van der Waals surface area contributed by atoms with E-state index in [9.17, 15) is 5.11 Å². The summed E-state index contributed by atoms with van der Waals surface area (Å²) in [5.41, 5.74) is 1.94. The molecule has 0 bridgehead atoms. The molecule has 0 spiro atoms. The second-order valence-corrected chi connectivity index (χ2v) is 3.72. The fourth-order valence-electron chi connectivity index (χ4n) is 1.12. The number of aliphatic hydroxyl groups is 1. The summed E-state index contributed by atoms with van der Waals surface area (Å²) in [4.78, 5) is 0. The van der Waals surface area contributed by atoms with E-state index < -0.39 is 5.60 Å². The molecule has 0 radical (unpaired) electrons. The predicted octanol–water partition coefficient (Wildman–Crippen LogP) is 2.78. The molecule has 1 aromatic carbocycles. The van der Waals surface area contributed by atoms with Crippen molar-refractivity contribution in [1.82, 2.24) is 0 Å². The zero-order valence-corrected chi connectivity index (χ0v) is 8.46. The molecule has 0 aromatic heterocycles. The van der Waals surface area contributed by atoms with Gasteiger partial charge in [-0.1, -0.05) is 36.4 Å². The SMILES string of the molecule is C=C(C)C(C)(O)c1ccc(C)cc1.